The summed E-state index contributed by atoms with van der Waals surface area (Å²) in [6.45, 7) is 3.59. The van der Waals surface area contributed by atoms with Crippen molar-refractivity contribution in [2.75, 3.05) is 37.9 Å². The lowest BCUT2D eigenvalue weighted by atomic mass is 10.3. The van der Waals surface area contributed by atoms with Gasteiger partial charge in [0.15, 0.2) is 0 Å². The molecule has 0 saturated carbocycles. The van der Waals surface area contributed by atoms with Crippen LogP contribution in [0.3, 0.4) is 0 Å². The third-order valence-corrected chi connectivity index (χ3v) is 3.13. The molecule has 0 radical (unpaired) electrons. The molecule has 0 aliphatic carbocycles. The second-order valence-electron chi connectivity index (χ2n) is 4.01. The van der Waals surface area contributed by atoms with Crippen molar-refractivity contribution in [2.24, 2.45) is 0 Å². The second-order valence-corrected chi connectivity index (χ2v) is 5.85. The Kier molecular flexibility index (Phi) is 5.43. The van der Waals surface area contributed by atoms with Crippen molar-refractivity contribution >= 4 is 15.7 Å². The van der Waals surface area contributed by atoms with E-state index in [2.05, 4.69) is 4.72 Å². The first-order chi connectivity index (χ1) is 8.42. The molecule has 0 aliphatic heterocycles. The first-order valence-corrected chi connectivity index (χ1v) is 7.70. The molecule has 1 aromatic rings. The highest BCUT2D eigenvalue weighted by Crippen LogP contribution is 2.18. The molecule has 18 heavy (non-hydrogen) atoms. The molecule has 0 aliphatic rings. The molecule has 6 heteroatoms. The summed E-state index contributed by atoms with van der Waals surface area (Å²) >= 11 is 0. The van der Waals surface area contributed by atoms with E-state index in [1.807, 2.05) is 43.1 Å². The van der Waals surface area contributed by atoms with Crippen LogP contribution in [0.1, 0.15) is 6.92 Å². The Balaban J connectivity index is 2.48. The molecular weight excluding hydrogens is 252 g/mol. The number of rotatable bonds is 7. The first kappa shape index (κ1) is 14.8. The van der Waals surface area contributed by atoms with Gasteiger partial charge in [0.1, 0.15) is 5.75 Å². The van der Waals surface area contributed by atoms with Crippen LogP contribution in [0.15, 0.2) is 24.3 Å². The number of hydrogen-bond acceptors (Lipinski definition) is 4. The third-order valence-electron chi connectivity index (χ3n) is 2.40. The summed E-state index contributed by atoms with van der Waals surface area (Å²) in [5.74, 6) is 0.837. The largest absolute Gasteiger partial charge is 0.494 e. The quantitative estimate of drug-likeness (QED) is 0.806. The van der Waals surface area contributed by atoms with E-state index in [1.165, 1.54) is 0 Å². The van der Waals surface area contributed by atoms with E-state index in [0.29, 0.717) is 19.7 Å². The third kappa shape index (κ3) is 5.37. The minimum atomic E-state index is -3.11. The molecule has 0 heterocycles. The van der Waals surface area contributed by atoms with Crippen LogP contribution in [0.25, 0.3) is 0 Å². The Labute approximate surface area is 109 Å². The molecule has 0 aromatic heterocycles. The molecule has 0 saturated heterocycles. The molecule has 0 spiro atoms. The first-order valence-electron chi connectivity index (χ1n) is 5.81. The molecule has 102 valence electrons. The lowest BCUT2D eigenvalue weighted by Gasteiger charge is -2.19. The molecule has 1 rings (SSSR count). The van der Waals surface area contributed by atoms with Gasteiger partial charge < -0.3 is 9.64 Å². The topological polar surface area (TPSA) is 58.6 Å². The summed E-state index contributed by atoms with van der Waals surface area (Å²) in [5.41, 5.74) is 1.02. The Morgan fingerprint density at radius 1 is 1.28 bits per heavy atom. The zero-order valence-electron chi connectivity index (χ0n) is 11.0. The normalized spacial score (nSPS) is 11.3. The summed E-state index contributed by atoms with van der Waals surface area (Å²) < 4.78 is 29.7. The number of nitrogens with one attached hydrogen (secondary N) is 1. The number of anilines is 1. The van der Waals surface area contributed by atoms with Gasteiger partial charge in [0.2, 0.25) is 10.0 Å². The number of ether oxygens (including phenoxy) is 1. The van der Waals surface area contributed by atoms with Crippen molar-refractivity contribution in [2.45, 2.75) is 6.92 Å². The van der Waals surface area contributed by atoms with Crippen LogP contribution in [-0.2, 0) is 10.0 Å². The average molecular weight is 272 g/mol. The van der Waals surface area contributed by atoms with Gasteiger partial charge in [-0.05, 0) is 31.2 Å². The van der Waals surface area contributed by atoms with Gasteiger partial charge in [0.05, 0.1) is 12.9 Å². The Morgan fingerprint density at radius 3 is 2.39 bits per heavy atom. The maximum Gasteiger partial charge on any atom is 0.208 e. The van der Waals surface area contributed by atoms with E-state index in [4.69, 9.17) is 4.74 Å². The summed E-state index contributed by atoms with van der Waals surface area (Å²) in [4.78, 5) is 1.98. The fraction of sp³-hybridized carbons (Fsp3) is 0.500. The van der Waals surface area contributed by atoms with E-state index in [-0.39, 0.29) is 0 Å². The fourth-order valence-corrected chi connectivity index (χ4v) is 1.95. The smallest absolute Gasteiger partial charge is 0.208 e. The van der Waals surface area contributed by atoms with Crippen molar-refractivity contribution in [1.29, 1.82) is 0 Å². The Bertz CT molecular complexity index is 457. The van der Waals surface area contributed by atoms with Crippen LogP contribution < -0.4 is 14.4 Å². The molecule has 0 fully saturated rings. The zero-order chi connectivity index (χ0) is 13.6. The SMILES string of the molecule is CCOc1ccc(N(C)CCNS(C)(=O)=O)cc1. The minimum Gasteiger partial charge on any atom is -0.494 e. The lowest BCUT2D eigenvalue weighted by molar-refractivity contribution is 0.340. The van der Waals surface area contributed by atoms with Gasteiger partial charge in [-0.1, -0.05) is 0 Å². The highest BCUT2D eigenvalue weighted by molar-refractivity contribution is 7.88. The molecule has 1 aromatic carbocycles. The van der Waals surface area contributed by atoms with Crippen LogP contribution in [-0.4, -0.2) is 41.4 Å². The molecule has 0 unspecified atom stereocenters. The average Bonchev–Trinajstić information content (AvgIpc) is 2.28. The van der Waals surface area contributed by atoms with Crippen molar-refractivity contribution < 1.29 is 13.2 Å². The molecule has 0 atom stereocenters. The van der Waals surface area contributed by atoms with Crippen LogP contribution in [0.5, 0.6) is 5.75 Å². The molecule has 0 bridgehead atoms. The van der Waals surface area contributed by atoms with Crippen LogP contribution >= 0.6 is 0 Å². The Morgan fingerprint density at radius 2 is 1.89 bits per heavy atom. The number of likely N-dealkylation sites (N-methyl/N-ethyl adjacent to an activating group) is 1. The Hall–Kier alpha value is -1.27. The summed E-state index contributed by atoms with van der Waals surface area (Å²) in [6.07, 6.45) is 1.16. The van der Waals surface area contributed by atoms with E-state index in [9.17, 15) is 8.42 Å². The van der Waals surface area contributed by atoms with Gasteiger partial charge in [-0.2, -0.15) is 0 Å². The monoisotopic (exact) mass is 272 g/mol. The highest BCUT2D eigenvalue weighted by Gasteiger charge is 2.03. The van der Waals surface area contributed by atoms with Gasteiger partial charge in [0, 0.05) is 25.8 Å². The predicted molar refractivity (Wildman–Crippen MR) is 73.7 cm³/mol. The van der Waals surface area contributed by atoms with Crippen molar-refractivity contribution in [3.05, 3.63) is 24.3 Å². The van der Waals surface area contributed by atoms with Gasteiger partial charge in [-0.3, -0.25) is 0 Å². The fourth-order valence-electron chi connectivity index (χ4n) is 1.49. The van der Waals surface area contributed by atoms with E-state index < -0.39 is 10.0 Å². The summed E-state index contributed by atoms with van der Waals surface area (Å²) in [7, 11) is -1.20. The summed E-state index contributed by atoms with van der Waals surface area (Å²) in [5, 5.41) is 0. The number of hydrogen-bond donors (Lipinski definition) is 1. The van der Waals surface area contributed by atoms with Crippen molar-refractivity contribution in [1.82, 2.24) is 4.72 Å². The maximum absolute atomic E-state index is 10.9. The number of benzene rings is 1. The lowest BCUT2D eigenvalue weighted by Crippen LogP contribution is -2.32. The molecule has 5 nitrogen and oxygen atoms in total. The molecule has 1 N–H and O–H groups in total. The van der Waals surface area contributed by atoms with Gasteiger partial charge in [-0.15, -0.1) is 0 Å². The van der Waals surface area contributed by atoms with E-state index >= 15 is 0 Å². The van der Waals surface area contributed by atoms with Gasteiger partial charge >= 0.3 is 0 Å². The second kappa shape index (κ2) is 6.61. The zero-order valence-corrected chi connectivity index (χ0v) is 11.8. The number of nitrogens with zero attached hydrogens (tertiary/aromatic N) is 1. The maximum atomic E-state index is 10.9. The highest BCUT2D eigenvalue weighted by atomic mass is 32.2. The van der Waals surface area contributed by atoms with Crippen LogP contribution in [0.2, 0.25) is 0 Å². The van der Waals surface area contributed by atoms with E-state index in [1.54, 1.807) is 0 Å². The van der Waals surface area contributed by atoms with Gasteiger partial charge in [-0.25, -0.2) is 13.1 Å². The van der Waals surface area contributed by atoms with Crippen LogP contribution in [0.4, 0.5) is 5.69 Å². The minimum absolute atomic E-state index is 0.391. The molecular formula is C12H20N2O3S. The van der Waals surface area contributed by atoms with Crippen molar-refractivity contribution in [3.63, 3.8) is 0 Å². The summed E-state index contributed by atoms with van der Waals surface area (Å²) in [6, 6.07) is 7.70. The predicted octanol–water partition coefficient (Wildman–Crippen LogP) is 1.07. The van der Waals surface area contributed by atoms with E-state index in [0.717, 1.165) is 17.7 Å². The van der Waals surface area contributed by atoms with Crippen molar-refractivity contribution in [3.8, 4) is 5.75 Å². The molecule has 0 amide bonds. The van der Waals surface area contributed by atoms with Gasteiger partial charge in [0.25, 0.3) is 0 Å². The number of sulfonamides is 1. The standard InChI is InChI=1S/C12H20N2O3S/c1-4-17-12-7-5-11(6-8-12)14(2)10-9-13-18(3,15)16/h5-8,13H,4,9-10H2,1-3H3. The van der Waals surface area contributed by atoms with Crippen LogP contribution in [0, 0.1) is 0 Å².